The van der Waals surface area contributed by atoms with Crippen molar-refractivity contribution in [1.82, 2.24) is 10.2 Å². The largest absolute Gasteiger partial charge is 0.481 e. The van der Waals surface area contributed by atoms with Crippen molar-refractivity contribution in [3.8, 4) is 0 Å². The highest BCUT2D eigenvalue weighted by Crippen LogP contribution is 2.34. The molecular formula is C12H22N2O3. The fraction of sp³-hybridized carbons (Fsp3) is 0.833. The summed E-state index contributed by atoms with van der Waals surface area (Å²) in [4.78, 5) is 24.4. The summed E-state index contributed by atoms with van der Waals surface area (Å²) in [7, 11) is 1.76. The third-order valence-electron chi connectivity index (χ3n) is 3.50. The van der Waals surface area contributed by atoms with E-state index in [-0.39, 0.29) is 18.6 Å². The van der Waals surface area contributed by atoms with Crippen molar-refractivity contribution in [2.45, 2.75) is 39.7 Å². The van der Waals surface area contributed by atoms with Gasteiger partial charge in [-0.25, -0.2) is 4.79 Å². The molecule has 0 aromatic heterocycles. The third kappa shape index (κ3) is 3.61. The molecule has 0 bridgehead atoms. The number of hydrogen-bond acceptors (Lipinski definition) is 2. The second-order valence-corrected chi connectivity index (χ2v) is 5.54. The Labute approximate surface area is 102 Å². The van der Waals surface area contributed by atoms with Crippen molar-refractivity contribution >= 4 is 12.0 Å². The van der Waals surface area contributed by atoms with Gasteiger partial charge in [0.25, 0.3) is 0 Å². The fourth-order valence-electron chi connectivity index (χ4n) is 1.58. The van der Waals surface area contributed by atoms with Crippen LogP contribution in [0.1, 0.15) is 33.6 Å². The monoisotopic (exact) mass is 242 g/mol. The molecule has 5 heteroatoms. The number of nitrogens with one attached hydrogen (secondary N) is 1. The van der Waals surface area contributed by atoms with Crippen LogP contribution < -0.4 is 5.32 Å². The molecule has 0 saturated heterocycles. The van der Waals surface area contributed by atoms with Gasteiger partial charge in [0.05, 0.1) is 5.41 Å². The molecule has 0 spiro atoms. The van der Waals surface area contributed by atoms with E-state index in [1.807, 2.05) is 6.92 Å². The van der Waals surface area contributed by atoms with E-state index in [9.17, 15) is 9.59 Å². The Morgan fingerprint density at radius 2 is 2.00 bits per heavy atom. The van der Waals surface area contributed by atoms with Crippen LogP contribution in [0.25, 0.3) is 0 Å². The van der Waals surface area contributed by atoms with E-state index in [0.29, 0.717) is 5.92 Å². The highest BCUT2D eigenvalue weighted by Gasteiger charge is 2.33. The predicted octanol–water partition coefficient (Wildman–Crippen LogP) is 1.54. The lowest BCUT2D eigenvalue weighted by molar-refractivity contribution is -0.146. The van der Waals surface area contributed by atoms with Gasteiger partial charge in [-0.15, -0.1) is 0 Å². The number of carbonyl (C=O) groups excluding carboxylic acids is 1. The molecule has 0 aliphatic heterocycles. The number of carbonyl (C=O) groups is 2. The number of carboxylic acid groups (broad SMARTS) is 1. The third-order valence-corrected chi connectivity index (χ3v) is 3.50. The van der Waals surface area contributed by atoms with Crippen molar-refractivity contribution in [1.29, 1.82) is 0 Å². The molecule has 1 fully saturated rings. The first-order chi connectivity index (χ1) is 7.75. The average Bonchev–Trinajstić information content (AvgIpc) is 3.07. The predicted molar refractivity (Wildman–Crippen MR) is 64.8 cm³/mol. The summed E-state index contributed by atoms with van der Waals surface area (Å²) in [6.45, 7) is 5.36. The SMILES string of the molecule is CC(C1CC1)N(C)C(=O)NCC(C)(C)C(=O)O. The zero-order chi connectivity index (χ0) is 13.2. The molecule has 2 amide bonds. The van der Waals surface area contributed by atoms with Gasteiger partial charge in [-0.3, -0.25) is 4.79 Å². The van der Waals surface area contributed by atoms with Gasteiger partial charge in [-0.2, -0.15) is 0 Å². The minimum atomic E-state index is -0.931. The second-order valence-electron chi connectivity index (χ2n) is 5.54. The van der Waals surface area contributed by atoms with Crippen LogP contribution in [0.5, 0.6) is 0 Å². The van der Waals surface area contributed by atoms with E-state index in [1.165, 1.54) is 12.8 Å². The van der Waals surface area contributed by atoms with Crippen LogP contribution in [0.15, 0.2) is 0 Å². The number of urea groups is 1. The molecule has 0 aromatic rings. The molecule has 1 rings (SSSR count). The van der Waals surface area contributed by atoms with Gasteiger partial charge < -0.3 is 15.3 Å². The molecule has 0 aromatic carbocycles. The first-order valence-electron chi connectivity index (χ1n) is 6.00. The van der Waals surface area contributed by atoms with Crippen molar-refractivity contribution in [3.63, 3.8) is 0 Å². The lowest BCUT2D eigenvalue weighted by Gasteiger charge is -2.27. The molecular weight excluding hydrogens is 220 g/mol. The molecule has 0 heterocycles. The van der Waals surface area contributed by atoms with Gasteiger partial charge in [0, 0.05) is 19.6 Å². The van der Waals surface area contributed by atoms with E-state index in [2.05, 4.69) is 5.32 Å². The zero-order valence-electron chi connectivity index (χ0n) is 11.0. The van der Waals surface area contributed by atoms with Crippen LogP contribution in [-0.4, -0.2) is 41.6 Å². The van der Waals surface area contributed by atoms with E-state index >= 15 is 0 Å². The molecule has 1 atom stereocenters. The Hall–Kier alpha value is -1.26. The molecule has 2 N–H and O–H groups in total. The molecule has 1 aliphatic carbocycles. The van der Waals surface area contributed by atoms with Crippen LogP contribution in [0, 0.1) is 11.3 Å². The number of aliphatic carboxylic acids is 1. The van der Waals surface area contributed by atoms with Crippen LogP contribution in [0.2, 0.25) is 0 Å². The van der Waals surface area contributed by atoms with Gasteiger partial charge >= 0.3 is 12.0 Å². The highest BCUT2D eigenvalue weighted by molar-refractivity contribution is 5.77. The summed E-state index contributed by atoms with van der Waals surface area (Å²) in [5, 5.41) is 11.6. The lowest BCUT2D eigenvalue weighted by Crippen LogP contribution is -2.47. The quantitative estimate of drug-likeness (QED) is 0.768. The summed E-state index contributed by atoms with van der Waals surface area (Å²) >= 11 is 0. The lowest BCUT2D eigenvalue weighted by atomic mass is 9.94. The summed E-state index contributed by atoms with van der Waals surface area (Å²) < 4.78 is 0. The molecule has 5 nitrogen and oxygen atoms in total. The maximum absolute atomic E-state index is 11.8. The summed E-state index contributed by atoms with van der Waals surface area (Å²) in [6.07, 6.45) is 2.36. The molecule has 1 saturated carbocycles. The minimum absolute atomic E-state index is 0.142. The average molecular weight is 242 g/mol. The van der Waals surface area contributed by atoms with E-state index in [4.69, 9.17) is 5.11 Å². The number of rotatable bonds is 5. The Bertz CT molecular complexity index is 311. The van der Waals surface area contributed by atoms with Gasteiger partial charge in [0.1, 0.15) is 0 Å². The molecule has 98 valence electrons. The standard InChI is InChI=1S/C12H22N2O3/c1-8(9-5-6-9)14(4)11(17)13-7-12(2,3)10(15)16/h8-9H,5-7H2,1-4H3,(H,13,17)(H,15,16). The van der Waals surface area contributed by atoms with Crippen LogP contribution >= 0.6 is 0 Å². The molecule has 0 radical (unpaired) electrons. The Kier molecular flexibility index (Phi) is 4.01. The molecule has 1 unspecified atom stereocenters. The Morgan fingerprint density at radius 1 is 1.47 bits per heavy atom. The van der Waals surface area contributed by atoms with Crippen molar-refractivity contribution in [3.05, 3.63) is 0 Å². The van der Waals surface area contributed by atoms with Crippen molar-refractivity contribution in [2.24, 2.45) is 11.3 Å². The Morgan fingerprint density at radius 3 is 2.41 bits per heavy atom. The second kappa shape index (κ2) is 4.94. The van der Waals surface area contributed by atoms with Gasteiger partial charge in [0.2, 0.25) is 0 Å². The summed E-state index contributed by atoms with van der Waals surface area (Å²) in [5.74, 6) is -0.297. The van der Waals surface area contributed by atoms with Gasteiger partial charge in [-0.1, -0.05) is 0 Å². The normalized spacial score (nSPS) is 17.4. The van der Waals surface area contributed by atoms with E-state index in [0.717, 1.165) is 0 Å². The Balaban J connectivity index is 2.41. The number of amides is 2. The van der Waals surface area contributed by atoms with Gasteiger partial charge in [0.15, 0.2) is 0 Å². The maximum Gasteiger partial charge on any atom is 0.317 e. The van der Waals surface area contributed by atoms with E-state index in [1.54, 1.807) is 25.8 Å². The van der Waals surface area contributed by atoms with Gasteiger partial charge in [-0.05, 0) is 39.5 Å². The van der Waals surface area contributed by atoms with Crippen LogP contribution in [0.4, 0.5) is 4.79 Å². The number of hydrogen-bond donors (Lipinski definition) is 2. The maximum atomic E-state index is 11.8. The first kappa shape index (κ1) is 13.8. The van der Waals surface area contributed by atoms with Crippen LogP contribution in [-0.2, 0) is 4.79 Å². The van der Waals surface area contributed by atoms with Crippen molar-refractivity contribution < 1.29 is 14.7 Å². The number of nitrogens with zero attached hydrogens (tertiary/aromatic N) is 1. The van der Waals surface area contributed by atoms with Crippen molar-refractivity contribution in [2.75, 3.05) is 13.6 Å². The fourth-order valence-corrected chi connectivity index (χ4v) is 1.58. The van der Waals surface area contributed by atoms with Crippen LogP contribution in [0.3, 0.4) is 0 Å². The number of carboxylic acids is 1. The molecule has 1 aliphatic rings. The first-order valence-corrected chi connectivity index (χ1v) is 6.00. The summed E-state index contributed by atoms with van der Waals surface area (Å²) in [5.41, 5.74) is -0.931. The smallest absolute Gasteiger partial charge is 0.317 e. The minimum Gasteiger partial charge on any atom is -0.481 e. The molecule has 17 heavy (non-hydrogen) atoms. The summed E-state index contributed by atoms with van der Waals surface area (Å²) in [6, 6.07) is 0.0293. The highest BCUT2D eigenvalue weighted by atomic mass is 16.4. The topological polar surface area (TPSA) is 69.6 Å². The van der Waals surface area contributed by atoms with E-state index < -0.39 is 11.4 Å². The zero-order valence-corrected chi connectivity index (χ0v) is 11.0.